The zero-order chi connectivity index (χ0) is 20.7. The van der Waals surface area contributed by atoms with Crippen molar-refractivity contribution in [2.24, 2.45) is 0 Å². The predicted molar refractivity (Wildman–Crippen MR) is 107 cm³/mol. The third-order valence-corrected chi connectivity index (χ3v) is 5.02. The fraction of sp³-hybridized carbons (Fsp3) is 0.550. The molecule has 2 rings (SSSR count). The first kappa shape index (κ1) is 21.7. The second-order valence-electron chi connectivity index (χ2n) is 7.17. The van der Waals surface area contributed by atoms with E-state index in [-0.39, 0.29) is 18.4 Å². The minimum atomic E-state index is -0.986. The van der Waals surface area contributed by atoms with E-state index >= 15 is 0 Å². The smallest absolute Gasteiger partial charge is 0.320 e. The van der Waals surface area contributed by atoms with Gasteiger partial charge in [-0.2, -0.15) is 0 Å². The van der Waals surface area contributed by atoms with Crippen molar-refractivity contribution in [1.82, 2.24) is 15.1 Å². The molecule has 1 aromatic rings. The Hall–Kier alpha value is -2.61. The molecule has 1 atom stereocenters. The molecule has 8 heteroatoms. The van der Waals surface area contributed by atoms with Crippen molar-refractivity contribution >= 4 is 23.5 Å². The minimum Gasteiger partial charge on any atom is -0.480 e. The summed E-state index contributed by atoms with van der Waals surface area (Å²) in [5.74, 6) is -1.25. The van der Waals surface area contributed by atoms with E-state index in [1.54, 1.807) is 16.7 Å². The van der Waals surface area contributed by atoms with Crippen LogP contribution in [0.4, 0.5) is 5.69 Å². The van der Waals surface area contributed by atoms with Crippen molar-refractivity contribution in [2.75, 3.05) is 50.7 Å². The van der Waals surface area contributed by atoms with Gasteiger partial charge in [-0.25, -0.2) is 0 Å². The molecule has 1 saturated heterocycles. The molecule has 1 aliphatic heterocycles. The average Bonchev–Trinajstić information content (AvgIpc) is 2.66. The van der Waals surface area contributed by atoms with E-state index in [0.717, 1.165) is 18.8 Å². The number of anilines is 1. The average molecular weight is 390 g/mol. The molecule has 1 unspecified atom stereocenters. The number of hydrogen-bond acceptors (Lipinski definition) is 5. The summed E-state index contributed by atoms with van der Waals surface area (Å²) in [5, 5.41) is 12.0. The Labute approximate surface area is 166 Å². The van der Waals surface area contributed by atoms with Crippen LogP contribution in [0, 0.1) is 6.92 Å². The van der Waals surface area contributed by atoms with Crippen molar-refractivity contribution in [3.63, 3.8) is 0 Å². The third-order valence-electron chi connectivity index (χ3n) is 5.02. The number of amides is 2. The lowest BCUT2D eigenvalue weighted by molar-refractivity contribution is -0.144. The zero-order valence-corrected chi connectivity index (χ0v) is 16.9. The van der Waals surface area contributed by atoms with E-state index in [0.29, 0.717) is 26.2 Å². The topological polar surface area (TPSA) is 93.2 Å². The summed E-state index contributed by atoms with van der Waals surface area (Å²) < 4.78 is 0. The van der Waals surface area contributed by atoms with Crippen molar-refractivity contribution < 1.29 is 19.5 Å². The fourth-order valence-corrected chi connectivity index (χ4v) is 3.25. The van der Waals surface area contributed by atoms with Crippen molar-refractivity contribution in [2.45, 2.75) is 26.8 Å². The maximum atomic E-state index is 12.7. The van der Waals surface area contributed by atoms with E-state index < -0.39 is 12.0 Å². The van der Waals surface area contributed by atoms with Crippen molar-refractivity contribution in [1.29, 1.82) is 0 Å². The number of aryl methyl sites for hydroxylation is 1. The van der Waals surface area contributed by atoms with Crippen LogP contribution in [0.3, 0.4) is 0 Å². The molecule has 0 spiro atoms. The van der Waals surface area contributed by atoms with E-state index in [4.69, 9.17) is 0 Å². The molecule has 1 aromatic carbocycles. The van der Waals surface area contributed by atoms with E-state index in [9.17, 15) is 19.5 Å². The Morgan fingerprint density at radius 2 is 1.89 bits per heavy atom. The Kier molecular flexibility index (Phi) is 7.80. The molecule has 0 bridgehead atoms. The SMILES string of the molecule is CC(=O)NCCN(CC(=O)N1CCN(c2cccc(C)c2)CC1)C(C)C(=O)O. The molecule has 1 heterocycles. The molecule has 28 heavy (non-hydrogen) atoms. The summed E-state index contributed by atoms with van der Waals surface area (Å²) in [5.41, 5.74) is 2.36. The monoisotopic (exact) mass is 390 g/mol. The zero-order valence-electron chi connectivity index (χ0n) is 16.9. The van der Waals surface area contributed by atoms with Gasteiger partial charge in [-0.15, -0.1) is 0 Å². The van der Waals surface area contributed by atoms with Crippen molar-refractivity contribution in [3.8, 4) is 0 Å². The molecule has 0 radical (unpaired) electrons. The summed E-state index contributed by atoms with van der Waals surface area (Å²) in [6, 6.07) is 7.50. The number of carbonyl (C=O) groups excluding carboxylic acids is 2. The van der Waals surface area contributed by atoms with Gasteiger partial charge in [-0.05, 0) is 31.5 Å². The number of nitrogens with one attached hydrogen (secondary N) is 1. The van der Waals surface area contributed by atoms with Gasteiger partial charge in [0, 0.05) is 51.9 Å². The van der Waals surface area contributed by atoms with Gasteiger partial charge < -0.3 is 20.2 Å². The van der Waals surface area contributed by atoms with Crippen LogP contribution in [-0.4, -0.2) is 84.5 Å². The second-order valence-corrected chi connectivity index (χ2v) is 7.17. The quantitative estimate of drug-likeness (QED) is 0.674. The number of rotatable bonds is 8. The molecular weight excluding hydrogens is 360 g/mol. The van der Waals surface area contributed by atoms with Gasteiger partial charge >= 0.3 is 5.97 Å². The van der Waals surface area contributed by atoms with Gasteiger partial charge in [0.25, 0.3) is 0 Å². The Balaban J connectivity index is 1.90. The van der Waals surface area contributed by atoms with E-state index in [1.807, 2.05) is 6.07 Å². The van der Waals surface area contributed by atoms with Crippen LogP contribution in [0.1, 0.15) is 19.4 Å². The highest BCUT2D eigenvalue weighted by Gasteiger charge is 2.27. The Morgan fingerprint density at radius 3 is 2.46 bits per heavy atom. The number of aliphatic carboxylic acids is 1. The number of carbonyl (C=O) groups is 3. The van der Waals surface area contributed by atoms with Crippen LogP contribution in [0.5, 0.6) is 0 Å². The molecule has 0 saturated carbocycles. The van der Waals surface area contributed by atoms with Gasteiger partial charge in [0.15, 0.2) is 0 Å². The van der Waals surface area contributed by atoms with Gasteiger partial charge in [0.2, 0.25) is 11.8 Å². The molecule has 154 valence electrons. The van der Waals surface area contributed by atoms with Gasteiger partial charge in [-0.1, -0.05) is 12.1 Å². The number of carboxylic acids is 1. The first-order valence-electron chi connectivity index (χ1n) is 9.58. The first-order chi connectivity index (χ1) is 13.3. The lowest BCUT2D eigenvalue weighted by atomic mass is 10.2. The van der Waals surface area contributed by atoms with Gasteiger partial charge in [0.05, 0.1) is 6.54 Å². The molecule has 2 N–H and O–H groups in total. The number of hydrogen-bond donors (Lipinski definition) is 2. The Morgan fingerprint density at radius 1 is 1.21 bits per heavy atom. The number of nitrogens with zero attached hydrogens (tertiary/aromatic N) is 3. The highest BCUT2D eigenvalue weighted by atomic mass is 16.4. The molecule has 2 amide bonds. The lowest BCUT2D eigenvalue weighted by Gasteiger charge is -2.37. The van der Waals surface area contributed by atoms with Gasteiger partial charge in [0.1, 0.15) is 6.04 Å². The first-order valence-corrected chi connectivity index (χ1v) is 9.58. The summed E-state index contributed by atoms with van der Waals surface area (Å²) in [7, 11) is 0. The molecule has 1 aliphatic rings. The minimum absolute atomic E-state index is 0.0253. The Bertz CT molecular complexity index is 701. The number of benzene rings is 1. The fourth-order valence-electron chi connectivity index (χ4n) is 3.25. The molecular formula is C20H30N4O4. The van der Waals surface area contributed by atoms with Crippen molar-refractivity contribution in [3.05, 3.63) is 29.8 Å². The third kappa shape index (κ3) is 6.23. The van der Waals surface area contributed by atoms with Crippen LogP contribution < -0.4 is 10.2 Å². The highest BCUT2D eigenvalue weighted by Crippen LogP contribution is 2.18. The maximum Gasteiger partial charge on any atom is 0.320 e. The summed E-state index contributed by atoms with van der Waals surface area (Å²) in [4.78, 5) is 40.7. The predicted octanol–water partition coefficient (Wildman–Crippen LogP) is 0.555. The van der Waals surface area contributed by atoms with Crippen LogP contribution in [0.15, 0.2) is 24.3 Å². The summed E-state index contributed by atoms with van der Waals surface area (Å²) in [6.45, 7) is 8.36. The van der Waals surface area contributed by atoms with Crippen LogP contribution in [0.25, 0.3) is 0 Å². The van der Waals surface area contributed by atoms with E-state index in [1.165, 1.54) is 12.5 Å². The number of piperazine rings is 1. The summed E-state index contributed by atoms with van der Waals surface area (Å²) >= 11 is 0. The lowest BCUT2D eigenvalue weighted by Crippen LogP contribution is -2.53. The van der Waals surface area contributed by atoms with Crippen LogP contribution in [0.2, 0.25) is 0 Å². The van der Waals surface area contributed by atoms with Gasteiger partial charge in [-0.3, -0.25) is 19.3 Å². The highest BCUT2D eigenvalue weighted by molar-refractivity contribution is 5.80. The second kappa shape index (κ2) is 10.1. The molecule has 0 aliphatic carbocycles. The summed E-state index contributed by atoms with van der Waals surface area (Å²) in [6.07, 6.45) is 0. The normalized spacial score (nSPS) is 15.4. The maximum absolute atomic E-state index is 12.7. The van der Waals surface area contributed by atoms with Crippen LogP contribution >= 0.6 is 0 Å². The standard InChI is InChI=1S/C20H30N4O4/c1-15-5-4-6-18(13-15)22-9-11-23(12-10-22)19(26)14-24(16(2)20(27)28)8-7-21-17(3)25/h4-6,13,16H,7-12,14H2,1-3H3,(H,21,25)(H,27,28). The largest absolute Gasteiger partial charge is 0.480 e. The van der Waals surface area contributed by atoms with Crippen LogP contribution in [-0.2, 0) is 14.4 Å². The molecule has 0 aromatic heterocycles. The number of carboxylic acid groups (broad SMARTS) is 1. The molecule has 8 nitrogen and oxygen atoms in total. The molecule has 1 fully saturated rings. The van der Waals surface area contributed by atoms with E-state index in [2.05, 4.69) is 35.3 Å².